The number of likely N-dealkylation sites (tertiary alicyclic amines) is 2. The van der Waals surface area contributed by atoms with Gasteiger partial charge in [0.15, 0.2) is 0 Å². The van der Waals surface area contributed by atoms with Gasteiger partial charge in [-0.1, -0.05) is 30.3 Å². The van der Waals surface area contributed by atoms with Gasteiger partial charge in [0, 0.05) is 39.6 Å². The molecule has 0 radical (unpaired) electrons. The zero-order valence-corrected chi connectivity index (χ0v) is 14.1. The Morgan fingerprint density at radius 3 is 2.46 bits per heavy atom. The van der Waals surface area contributed by atoms with Crippen LogP contribution in [0.5, 0.6) is 0 Å². The van der Waals surface area contributed by atoms with Crippen molar-refractivity contribution in [3.05, 3.63) is 35.9 Å². The fraction of sp³-hybridized carbons (Fsp3) is 0.579. The lowest BCUT2D eigenvalue weighted by molar-refractivity contribution is -0.146. The lowest BCUT2D eigenvalue weighted by atomic mass is 9.83. The number of carbonyl (C=O) groups is 2. The van der Waals surface area contributed by atoms with E-state index in [2.05, 4.69) is 10.2 Å². The molecule has 1 aromatic rings. The molecule has 5 heteroatoms. The Morgan fingerprint density at radius 2 is 1.79 bits per heavy atom. The Labute approximate surface area is 143 Å². The van der Waals surface area contributed by atoms with Crippen molar-refractivity contribution >= 4 is 11.8 Å². The molecule has 0 aliphatic carbocycles. The van der Waals surface area contributed by atoms with Crippen molar-refractivity contribution in [1.29, 1.82) is 0 Å². The SMILES string of the molecule is CN1C(=O)CCC(C(=O)N2C[C@H]3CNC[C@H]3C2)C1c1ccccc1. The third kappa shape index (κ3) is 2.61. The summed E-state index contributed by atoms with van der Waals surface area (Å²) in [6.07, 6.45) is 1.13. The highest BCUT2D eigenvalue weighted by Gasteiger charge is 2.44. The van der Waals surface area contributed by atoms with Crippen molar-refractivity contribution in [2.24, 2.45) is 17.8 Å². The topological polar surface area (TPSA) is 52.7 Å². The first-order valence-corrected chi connectivity index (χ1v) is 8.95. The summed E-state index contributed by atoms with van der Waals surface area (Å²) in [7, 11) is 1.84. The highest BCUT2D eigenvalue weighted by atomic mass is 16.2. The van der Waals surface area contributed by atoms with E-state index in [1.807, 2.05) is 37.4 Å². The minimum absolute atomic E-state index is 0.123. The molecule has 4 rings (SSSR count). The van der Waals surface area contributed by atoms with Crippen molar-refractivity contribution in [2.75, 3.05) is 33.2 Å². The van der Waals surface area contributed by atoms with Crippen LogP contribution >= 0.6 is 0 Å². The van der Waals surface area contributed by atoms with E-state index in [0.717, 1.165) is 31.7 Å². The Morgan fingerprint density at radius 1 is 1.12 bits per heavy atom. The molecule has 0 saturated carbocycles. The molecule has 24 heavy (non-hydrogen) atoms. The predicted octanol–water partition coefficient (Wildman–Crippen LogP) is 1.27. The van der Waals surface area contributed by atoms with Crippen LogP contribution in [-0.2, 0) is 9.59 Å². The number of fused-ring (bicyclic) bond motifs is 1. The molecule has 0 aromatic heterocycles. The number of rotatable bonds is 2. The summed E-state index contributed by atoms with van der Waals surface area (Å²) >= 11 is 0. The van der Waals surface area contributed by atoms with Crippen LogP contribution in [-0.4, -0.2) is 54.8 Å². The highest BCUT2D eigenvalue weighted by Crippen LogP contribution is 2.38. The molecule has 5 nitrogen and oxygen atoms in total. The molecule has 3 aliphatic heterocycles. The van der Waals surface area contributed by atoms with Crippen LogP contribution in [0, 0.1) is 17.8 Å². The van der Waals surface area contributed by atoms with E-state index in [4.69, 9.17) is 0 Å². The van der Waals surface area contributed by atoms with Crippen LogP contribution in [0.4, 0.5) is 0 Å². The zero-order chi connectivity index (χ0) is 16.7. The molecule has 2 amide bonds. The molecule has 3 fully saturated rings. The van der Waals surface area contributed by atoms with Gasteiger partial charge in [0.1, 0.15) is 0 Å². The molecule has 3 aliphatic rings. The fourth-order valence-corrected chi connectivity index (χ4v) is 4.67. The van der Waals surface area contributed by atoms with E-state index < -0.39 is 0 Å². The second-order valence-corrected chi connectivity index (χ2v) is 7.43. The number of benzene rings is 1. The summed E-state index contributed by atoms with van der Waals surface area (Å²) < 4.78 is 0. The number of piperidine rings is 1. The van der Waals surface area contributed by atoms with Gasteiger partial charge in [-0.15, -0.1) is 0 Å². The summed E-state index contributed by atoms with van der Waals surface area (Å²) in [5.74, 6) is 1.45. The van der Waals surface area contributed by atoms with Crippen LogP contribution in [0.15, 0.2) is 30.3 Å². The third-order valence-corrected chi connectivity index (χ3v) is 6.02. The first-order valence-electron chi connectivity index (χ1n) is 8.95. The summed E-state index contributed by atoms with van der Waals surface area (Å²) in [5, 5.41) is 3.42. The molecule has 4 atom stereocenters. The van der Waals surface area contributed by atoms with Gasteiger partial charge in [0.05, 0.1) is 12.0 Å². The lowest BCUT2D eigenvalue weighted by Gasteiger charge is -2.40. The largest absolute Gasteiger partial charge is 0.342 e. The molecule has 3 saturated heterocycles. The van der Waals surface area contributed by atoms with Crippen LogP contribution in [0.2, 0.25) is 0 Å². The molecule has 3 heterocycles. The number of hydrogen-bond acceptors (Lipinski definition) is 3. The Hall–Kier alpha value is -1.88. The molecule has 2 unspecified atom stereocenters. The van der Waals surface area contributed by atoms with E-state index in [1.165, 1.54) is 0 Å². The number of hydrogen-bond donors (Lipinski definition) is 1. The summed E-state index contributed by atoms with van der Waals surface area (Å²) in [4.78, 5) is 29.3. The van der Waals surface area contributed by atoms with Gasteiger partial charge in [0.25, 0.3) is 0 Å². The van der Waals surface area contributed by atoms with Gasteiger partial charge < -0.3 is 15.1 Å². The molecule has 1 aromatic carbocycles. The molecule has 0 spiro atoms. The van der Waals surface area contributed by atoms with E-state index >= 15 is 0 Å². The Bertz CT molecular complexity index is 621. The second kappa shape index (κ2) is 6.20. The van der Waals surface area contributed by atoms with Gasteiger partial charge >= 0.3 is 0 Å². The monoisotopic (exact) mass is 327 g/mol. The average Bonchev–Trinajstić information content (AvgIpc) is 3.19. The first kappa shape index (κ1) is 15.6. The minimum Gasteiger partial charge on any atom is -0.342 e. The van der Waals surface area contributed by atoms with E-state index in [1.54, 1.807) is 4.90 Å². The smallest absolute Gasteiger partial charge is 0.228 e. The molecule has 128 valence electrons. The highest BCUT2D eigenvalue weighted by molar-refractivity contribution is 5.85. The summed E-state index contributed by atoms with van der Waals surface area (Å²) in [6, 6.07) is 9.86. The van der Waals surface area contributed by atoms with Crippen LogP contribution in [0.25, 0.3) is 0 Å². The van der Waals surface area contributed by atoms with Crippen LogP contribution in [0.1, 0.15) is 24.4 Å². The van der Waals surface area contributed by atoms with Crippen LogP contribution in [0.3, 0.4) is 0 Å². The van der Waals surface area contributed by atoms with Crippen molar-refractivity contribution in [1.82, 2.24) is 15.1 Å². The van der Waals surface area contributed by atoms with Crippen molar-refractivity contribution in [3.63, 3.8) is 0 Å². The Kier molecular flexibility index (Phi) is 4.04. The predicted molar refractivity (Wildman–Crippen MR) is 91.1 cm³/mol. The van der Waals surface area contributed by atoms with Crippen molar-refractivity contribution in [2.45, 2.75) is 18.9 Å². The Balaban J connectivity index is 1.57. The first-order chi connectivity index (χ1) is 11.6. The minimum atomic E-state index is -0.140. The zero-order valence-electron chi connectivity index (χ0n) is 14.1. The molecule has 0 bridgehead atoms. The molecule has 1 N–H and O–H groups in total. The third-order valence-electron chi connectivity index (χ3n) is 6.02. The van der Waals surface area contributed by atoms with Gasteiger partial charge in [-0.05, 0) is 23.8 Å². The lowest BCUT2D eigenvalue weighted by Crippen LogP contribution is -2.47. The van der Waals surface area contributed by atoms with Crippen molar-refractivity contribution in [3.8, 4) is 0 Å². The average molecular weight is 327 g/mol. The van der Waals surface area contributed by atoms with Gasteiger partial charge in [0.2, 0.25) is 11.8 Å². The standard InChI is InChI=1S/C19H25N3O2/c1-21-17(23)8-7-16(18(21)13-5-3-2-4-6-13)19(24)22-11-14-9-20-10-15(14)12-22/h2-6,14-16,18,20H,7-12H2,1H3/t14-,15+,16?,18?. The van der Waals surface area contributed by atoms with E-state index in [9.17, 15) is 9.59 Å². The van der Waals surface area contributed by atoms with Gasteiger partial charge in [-0.25, -0.2) is 0 Å². The quantitative estimate of drug-likeness (QED) is 0.890. The molecular formula is C19H25N3O2. The second-order valence-electron chi connectivity index (χ2n) is 7.43. The normalized spacial score (nSPS) is 33.0. The van der Waals surface area contributed by atoms with Gasteiger partial charge in [-0.2, -0.15) is 0 Å². The van der Waals surface area contributed by atoms with Crippen molar-refractivity contribution < 1.29 is 9.59 Å². The van der Waals surface area contributed by atoms with Gasteiger partial charge in [-0.3, -0.25) is 9.59 Å². The van der Waals surface area contributed by atoms with Crippen LogP contribution < -0.4 is 5.32 Å². The summed E-state index contributed by atoms with van der Waals surface area (Å²) in [6.45, 7) is 3.79. The number of nitrogens with zero attached hydrogens (tertiary/aromatic N) is 2. The number of carbonyl (C=O) groups excluding carboxylic acids is 2. The maximum atomic E-state index is 13.2. The summed E-state index contributed by atoms with van der Waals surface area (Å²) in [5.41, 5.74) is 1.06. The maximum Gasteiger partial charge on any atom is 0.228 e. The number of nitrogens with one attached hydrogen (secondary N) is 1. The fourth-order valence-electron chi connectivity index (χ4n) is 4.67. The number of amides is 2. The van der Waals surface area contributed by atoms with E-state index in [0.29, 0.717) is 24.7 Å². The molecular weight excluding hydrogens is 302 g/mol. The maximum absolute atomic E-state index is 13.2. The van der Waals surface area contributed by atoms with E-state index in [-0.39, 0.29) is 23.8 Å².